The van der Waals surface area contributed by atoms with E-state index in [4.69, 9.17) is 22.6 Å². The molecule has 6 nitrogen and oxygen atoms in total. The molecule has 0 radical (unpaired) electrons. The van der Waals surface area contributed by atoms with Gasteiger partial charge in [-0.1, -0.05) is 0 Å². The van der Waals surface area contributed by atoms with Gasteiger partial charge < -0.3 is 9.47 Å². The highest BCUT2D eigenvalue weighted by atomic mass is 16.6. The number of pyridine rings is 2. The summed E-state index contributed by atoms with van der Waals surface area (Å²) >= 11 is 0. The van der Waals surface area contributed by atoms with E-state index in [1.807, 2.05) is 26.0 Å². The van der Waals surface area contributed by atoms with Crippen LogP contribution in [0, 0.1) is 27.0 Å². The second kappa shape index (κ2) is 6.76. The van der Waals surface area contributed by atoms with Gasteiger partial charge in [0, 0.05) is 12.4 Å². The first-order valence-electron chi connectivity index (χ1n) is 7.53. The molecule has 0 N–H and O–H groups in total. The molecule has 0 saturated carbocycles. The van der Waals surface area contributed by atoms with Crippen molar-refractivity contribution >= 4 is 11.4 Å². The largest absolute Gasteiger partial charge is 0.366 e. The van der Waals surface area contributed by atoms with Crippen LogP contribution in [0.1, 0.15) is 34.7 Å². The molecule has 0 unspecified atom stereocenters. The van der Waals surface area contributed by atoms with Gasteiger partial charge in [-0.2, -0.15) is 0 Å². The highest BCUT2D eigenvalue weighted by molar-refractivity contribution is 5.51. The van der Waals surface area contributed by atoms with E-state index in [1.54, 1.807) is 12.4 Å². The van der Waals surface area contributed by atoms with Gasteiger partial charge in [-0.15, -0.1) is 0 Å². The van der Waals surface area contributed by atoms with Crippen molar-refractivity contribution in [3.8, 4) is 0 Å². The maximum atomic E-state index is 6.83. The third-order valence-corrected chi connectivity index (χ3v) is 3.78. The van der Waals surface area contributed by atoms with Crippen molar-refractivity contribution < 1.29 is 9.47 Å². The molecule has 2 aliphatic heterocycles. The molecule has 6 heteroatoms. The first-order valence-corrected chi connectivity index (χ1v) is 7.53. The van der Waals surface area contributed by atoms with Gasteiger partial charge in [0.25, 0.3) is 0 Å². The number of epoxide rings is 2. The summed E-state index contributed by atoms with van der Waals surface area (Å²) in [5.41, 5.74) is 5.09. The lowest BCUT2D eigenvalue weighted by Crippen LogP contribution is -1.87. The Morgan fingerprint density at radius 2 is 1.25 bits per heavy atom. The summed E-state index contributed by atoms with van der Waals surface area (Å²) in [6.07, 6.45) is 3.59. The van der Waals surface area contributed by atoms with E-state index in [0.29, 0.717) is 11.4 Å². The summed E-state index contributed by atoms with van der Waals surface area (Å²) in [5, 5.41) is 0. The van der Waals surface area contributed by atoms with E-state index in [-0.39, 0.29) is 12.2 Å². The number of hydrogen-bond acceptors (Lipinski definition) is 4. The Kier molecular flexibility index (Phi) is 4.52. The molecular formula is C18H16N4O2. The topological polar surface area (TPSA) is 59.6 Å². The van der Waals surface area contributed by atoms with Crippen LogP contribution < -0.4 is 0 Å². The summed E-state index contributed by atoms with van der Waals surface area (Å²) in [4.78, 5) is 14.9. The molecule has 2 aromatic heterocycles. The van der Waals surface area contributed by atoms with Crippen molar-refractivity contribution in [3.63, 3.8) is 0 Å². The number of nitrogens with zero attached hydrogens (tertiary/aromatic N) is 4. The lowest BCUT2D eigenvalue weighted by Gasteiger charge is -1.98. The van der Waals surface area contributed by atoms with Gasteiger partial charge in [0.15, 0.2) is 0 Å². The van der Waals surface area contributed by atoms with Crippen molar-refractivity contribution in [2.24, 2.45) is 0 Å². The fourth-order valence-corrected chi connectivity index (χ4v) is 2.17. The molecular weight excluding hydrogens is 304 g/mol. The summed E-state index contributed by atoms with van der Waals surface area (Å²) in [7, 11) is 0. The predicted octanol–water partition coefficient (Wildman–Crippen LogP) is 4.02. The zero-order chi connectivity index (χ0) is 17.1. The Hall–Kier alpha value is -2.80. The molecule has 24 heavy (non-hydrogen) atoms. The van der Waals surface area contributed by atoms with Gasteiger partial charge in [0.2, 0.25) is 11.4 Å². The summed E-state index contributed by atoms with van der Waals surface area (Å²) < 4.78 is 10.2. The molecule has 2 fully saturated rings. The van der Waals surface area contributed by atoms with E-state index < -0.39 is 0 Å². The molecule has 2 atom stereocenters. The second-order valence-corrected chi connectivity index (χ2v) is 5.66. The van der Waals surface area contributed by atoms with Gasteiger partial charge >= 0.3 is 0 Å². The average Bonchev–Trinajstić information content (AvgIpc) is 3.48. The Morgan fingerprint density at radius 3 is 1.50 bits per heavy atom. The molecule has 0 bridgehead atoms. The fraction of sp³-hybridized carbons (Fsp3) is 0.333. The SMILES string of the molecule is [C-]#[N+]c1cnc([C@@H]2CO2)cc1C.[C-]#[N+]c1cnc([C@H]2CO2)cc1C. The molecule has 0 amide bonds. The van der Waals surface area contributed by atoms with E-state index in [1.165, 1.54) is 0 Å². The van der Waals surface area contributed by atoms with E-state index in [0.717, 1.165) is 35.7 Å². The van der Waals surface area contributed by atoms with Crippen molar-refractivity contribution in [1.82, 2.24) is 9.97 Å². The minimum atomic E-state index is 0.184. The van der Waals surface area contributed by atoms with Gasteiger partial charge in [-0.25, -0.2) is 9.69 Å². The van der Waals surface area contributed by atoms with Crippen LogP contribution in [0.15, 0.2) is 24.5 Å². The lowest BCUT2D eigenvalue weighted by atomic mass is 10.2. The first kappa shape index (κ1) is 16.1. The Morgan fingerprint density at radius 1 is 0.875 bits per heavy atom. The van der Waals surface area contributed by atoms with Crippen LogP contribution in [-0.2, 0) is 9.47 Å². The molecule has 0 spiro atoms. The maximum absolute atomic E-state index is 6.83. The van der Waals surface area contributed by atoms with E-state index in [9.17, 15) is 0 Å². The van der Waals surface area contributed by atoms with Crippen molar-refractivity contribution in [2.45, 2.75) is 26.1 Å². The highest BCUT2D eigenvalue weighted by Crippen LogP contribution is 2.31. The summed E-state index contributed by atoms with van der Waals surface area (Å²) in [6, 6.07) is 3.84. The van der Waals surface area contributed by atoms with E-state index >= 15 is 0 Å². The van der Waals surface area contributed by atoms with Crippen molar-refractivity contribution in [3.05, 3.63) is 69.9 Å². The standard InChI is InChI=1S/2C9H8N2O/c2*1-6-3-7(9-5-12-9)11-4-8(6)10-2/h2*3-4,9H,5H2,1H3/t2*9-/m10/s1. The zero-order valence-electron chi connectivity index (χ0n) is 13.5. The average molecular weight is 320 g/mol. The number of aryl methyl sites for hydroxylation is 2. The second-order valence-electron chi connectivity index (χ2n) is 5.66. The third-order valence-electron chi connectivity index (χ3n) is 3.78. The minimum Gasteiger partial charge on any atom is -0.366 e. The normalized spacial score (nSPS) is 20.2. The predicted molar refractivity (Wildman–Crippen MR) is 87.9 cm³/mol. The first-order chi connectivity index (χ1) is 11.6. The maximum Gasteiger partial charge on any atom is 0.207 e. The van der Waals surface area contributed by atoms with Crippen LogP contribution in [-0.4, -0.2) is 23.2 Å². The molecule has 2 aliphatic rings. The molecule has 120 valence electrons. The minimum absolute atomic E-state index is 0.184. The molecule has 4 heterocycles. The number of aromatic nitrogens is 2. The Labute approximate surface area is 140 Å². The monoisotopic (exact) mass is 320 g/mol. The Balaban J connectivity index is 0.000000141. The van der Waals surface area contributed by atoms with Crippen LogP contribution in [0.25, 0.3) is 9.69 Å². The van der Waals surface area contributed by atoms with Crippen LogP contribution >= 0.6 is 0 Å². The van der Waals surface area contributed by atoms with Gasteiger partial charge in [0.1, 0.15) is 12.2 Å². The smallest absolute Gasteiger partial charge is 0.207 e. The molecule has 0 aliphatic carbocycles. The van der Waals surface area contributed by atoms with Crippen LogP contribution in [0.4, 0.5) is 11.4 Å². The van der Waals surface area contributed by atoms with Crippen LogP contribution in [0.5, 0.6) is 0 Å². The molecule has 2 aromatic rings. The third kappa shape index (κ3) is 3.75. The number of ether oxygens (including phenoxy) is 2. The van der Waals surface area contributed by atoms with Crippen molar-refractivity contribution in [1.29, 1.82) is 0 Å². The van der Waals surface area contributed by atoms with Gasteiger partial charge in [-0.3, -0.25) is 9.97 Å². The molecule has 4 rings (SSSR count). The lowest BCUT2D eigenvalue weighted by molar-refractivity contribution is 0.411. The summed E-state index contributed by atoms with van der Waals surface area (Å²) in [6.45, 7) is 19.0. The van der Waals surface area contributed by atoms with Gasteiger partial charge in [0.05, 0.1) is 37.7 Å². The summed E-state index contributed by atoms with van der Waals surface area (Å²) in [5.74, 6) is 0. The van der Waals surface area contributed by atoms with Crippen LogP contribution in [0.2, 0.25) is 0 Å². The number of rotatable bonds is 2. The fourth-order valence-electron chi connectivity index (χ4n) is 2.17. The zero-order valence-corrected chi connectivity index (χ0v) is 13.5. The quantitative estimate of drug-likeness (QED) is 0.619. The molecule has 0 aromatic carbocycles. The van der Waals surface area contributed by atoms with Crippen LogP contribution in [0.3, 0.4) is 0 Å². The van der Waals surface area contributed by atoms with Crippen molar-refractivity contribution in [2.75, 3.05) is 13.2 Å². The molecule has 2 saturated heterocycles. The number of hydrogen-bond donors (Lipinski definition) is 0. The van der Waals surface area contributed by atoms with E-state index in [2.05, 4.69) is 19.7 Å². The Bertz CT molecular complexity index is 772. The highest BCUT2D eigenvalue weighted by Gasteiger charge is 2.27. The van der Waals surface area contributed by atoms with Gasteiger partial charge in [-0.05, 0) is 37.1 Å².